The number of halogens is 1. The third kappa shape index (κ3) is 3.37. The highest BCUT2D eigenvalue weighted by atomic mass is 35.5. The van der Waals surface area contributed by atoms with Gasteiger partial charge in [0.15, 0.2) is 5.65 Å². The van der Waals surface area contributed by atoms with E-state index in [1.54, 1.807) is 48.4 Å². The molecular formula is C23H19ClN4O3. The highest BCUT2D eigenvalue weighted by molar-refractivity contribution is 6.33. The fourth-order valence-corrected chi connectivity index (χ4v) is 4.16. The Hall–Kier alpha value is -3.58. The van der Waals surface area contributed by atoms with E-state index in [4.69, 9.17) is 16.3 Å². The molecule has 8 heteroatoms. The predicted octanol–water partition coefficient (Wildman–Crippen LogP) is 3.55. The molecule has 2 aromatic heterocycles. The maximum atomic E-state index is 13.1. The summed E-state index contributed by atoms with van der Waals surface area (Å²) >= 11 is 6.31. The molecule has 0 radical (unpaired) electrons. The number of carbonyl (C=O) groups excluding carboxylic acids is 1. The Morgan fingerprint density at radius 3 is 2.81 bits per heavy atom. The van der Waals surface area contributed by atoms with Gasteiger partial charge in [-0.2, -0.15) is 0 Å². The van der Waals surface area contributed by atoms with Crippen molar-refractivity contribution in [2.24, 2.45) is 0 Å². The fraction of sp³-hybridized carbons (Fsp3) is 0.174. The number of nitrogens with zero attached hydrogens (tertiary/aromatic N) is 3. The van der Waals surface area contributed by atoms with Gasteiger partial charge in [-0.05, 0) is 30.7 Å². The number of aromatic nitrogens is 3. The first-order valence-corrected chi connectivity index (χ1v) is 10.2. The van der Waals surface area contributed by atoms with Gasteiger partial charge >= 0.3 is 0 Å². The minimum atomic E-state index is -0.146. The number of nitrogens with one attached hydrogen (secondary N) is 1. The molecule has 31 heavy (non-hydrogen) atoms. The number of H-pyrrole nitrogens is 1. The summed E-state index contributed by atoms with van der Waals surface area (Å²) in [7, 11) is 1.57. The van der Waals surface area contributed by atoms with Crippen molar-refractivity contribution in [2.75, 3.05) is 13.7 Å². The third-order valence-electron chi connectivity index (χ3n) is 5.53. The van der Waals surface area contributed by atoms with E-state index in [0.717, 1.165) is 5.56 Å². The quantitative estimate of drug-likeness (QED) is 0.534. The number of methoxy groups -OCH3 is 1. The van der Waals surface area contributed by atoms with Crippen molar-refractivity contribution in [3.8, 4) is 17.0 Å². The molecule has 0 fully saturated rings. The summed E-state index contributed by atoms with van der Waals surface area (Å²) in [5.41, 5.74) is 3.64. The van der Waals surface area contributed by atoms with Gasteiger partial charge < -0.3 is 9.64 Å². The molecule has 0 atom stereocenters. The molecule has 3 heterocycles. The smallest absolute Gasteiger partial charge is 0.276 e. The van der Waals surface area contributed by atoms with Crippen LogP contribution in [0.4, 0.5) is 0 Å². The van der Waals surface area contributed by atoms with Gasteiger partial charge in [0.25, 0.3) is 11.5 Å². The molecule has 1 aliphatic heterocycles. The van der Waals surface area contributed by atoms with Crippen LogP contribution in [0, 0.1) is 0 Å². The highest BCUT2D eigenvalue weighted by Gasteiger charge is 2.26. The van der Waals surface area contributed by atoms with Crippen molar-refractivity contribution >= 4 is 23.2 Å². The summed E-state index contributed by atoms with van der Waals surface area (Å²) in [6.45, 7) is 0.730. The Morgan fingerprint density at radius 1 is 1.16 bits per heavy atom. The molecule has 0 aliphatic carbocycles. The minimum absolute atomic E-state index is 0.114. The number of fused-ring (bicyclic) bond motifs is 2. The van der Waals surface area contributed by atoms with Crippen LogP contribution in [0.5, 0.6) is 5.75 Å². The van der Waals surface area contributed by atoms with Crippen LogP contribution in [0.25, 0.3) is 16.9 Å². The Morgan fingerprint density at radius 2 is 2.00 bits per heavy atom. The molecule has 1 aliphatic rings. The molecule has 0 unspecified atom stereocenters. The summed E-state index contributed by atoms with van der Waals surface area (Å²) in [4.78, 5) is 32.5. The van der Waals surface area contributed by atoms with Crippen LogP contribution in [0.2, 0.25) is 5.02 Å². The van der Waals surface area contributed by atoms with Gasteiger partial charge in [0.05, 0.1) is 25.0 Å². The maximum Gasteiger partial charge on any atom is 0.276 e. The first kappa shape index (κ1) is 19.4. The lowest BCUT2D eigenvalue weighted by Crippen LogP contribution is -2.39. The highest BCUT2D eigenvalue weighted by Crippen LogP contribution is 2.27. The SMILES string of the molecule is COc1cccc(C(=O)N2CCc3c(nc4cc(-c5ccccc5Cl)[nH]n4c3=O)C2)c1. The van der Waals surface area contributed by atoms with Crippen LogP contribution in [0.3, 0.4) is 0 Å². The standard InChI is InChI=1S/C23H19ClN4O3/c1-31-15-6-4-5-14(11-15)22(29)27-10-9-17-20(13-27)25-21-12-19(26-28(21)23(17)30)16-7-2-3-8-18(16)24/h2-8,11-12,26H,9-10,13H2,1H3. The second kappa shape index (κ2) is 7.59. The molecule has 0 bridgehead atoms. The number of aromatic amines is 1. The number of ether oxygens (including phenoxy) is 1. The first-order chi connectivity index (χ1) is 15.0. The predicted molar refractivity (Wildman–Crippen MR) is 118 cm³/mol. The van der Waals surface area contributed by atoms with Crippen LogP contribution in [0.1, 0.15) is 21.6 Å². The number of rotatable bonds is 3. The molecule has 0 saturated heterocycles. The van der Waals surface area contributed by atoms with Gasteiger partial charge in [-0.15, -0.1) is 0 Å². The van der Waals surface area contributed by atoms with Crippen LogP contribution in [-0.2, 0) is 13.0 Å². The molecule has 5 rings (SSSR count). The number of hydrogen-bond donors (Lipinski definition) is 1. The second-order valence-electron chi connectivity index (χ2n) is 7.39. The largest absolute Gasteiger partial charge is 0.497 e. The van der Waals surface area contributed by atoms with Crippen molar-refractivity contribution in [1.82, 2.24) is 19.5 Å². The Kier molecular flexibility index (Phi) is 4.75. The van der Waals surface area contributed by atoms with Gasteiger partial charge in [-0.25, -0.2) is 9.50 Å². The van der Waals surface area contributed by atoms with E-state index in [1.165, 1.54) is 4.52 Å². The fourth-order valence-electron chi connectivity index (χ4n) is 3.92. The van der Waals surface area contributed by atoms with Gasteiger partial charge in [-0.3, -0.25) is 14.7 Å². The summed E-state index contributed by atoms with van der Waals surface area (Å²) in [6.07, 6.45) is 0.445. The second-order valence-corrected chi connectivity index (χ2v) is 7.80. The Balaban J connectivity index is 1.50. The zero-order chi connectivity index (χ0) is 21.5. The van der Waals surface area contributed by atoms with Crippen molar-refractivity contribution < 1.29 is 9.53 Å². The number of hydrogen-bond acceptors (Lipinski definition) is 4. The van der Waals surface area contributed by atoms with E-state index in [0.29, 0.717) is 51.9 Å². The number of benzene rings is 2. The molecule has 1 amide bonds. The van der Waals surface area contributed by atoms with E-state index in [2.05, 4.69) is 10.1 Å². The van der Waals surface area contributed by atoms with E-state index in [9.17, 15) is 9.59 Å². The first-order valence-electron chi connectivity index (χ1n) is 9.87. The normalized spacial score (nSPS) is 13.3. The molecule has 156 valence electrons. The van der Waals surface area contributed by atoms with Crippen molar-refractivity contribution in [2.45, 2.75) is 13.0 Å². The van der Waals surface area contributed by atoms with E-state index < -0.39 is 0 Å². The van der Waals surface area contributed by atoms with Gasteiger partial charge in [0.2, 0.25) is 0 Å². The number of amides is 1. The lowest BCUT2D eigenvalue weighted by Gasteiger charge is -2.27. The Labute approximate surface area is 182 Å². The average Bonchev–Trinajstić information content (AvgIpc) is 3.23. The Bertz CT molecular complexity index is 1380. The van der Waals surface area contributed by atoms with Crippen molar-refractivity contribution in [3.05, 3.63) is 86.8 Å². The molecule has 7 nitrogen and oxygen atoms in total. The molecule has 0 spiro atoms. The van der Waals surface area contributed by atoms with Crippen LogP contribution < -0.4 is 10.3 Å². The summed E-state index contributed by atoms with van der Waals surface area (Å²) < 4.78 is 6.66. The van der Waals surface area contributed by atoms with Crippen LogP contribution in [0.15, 0.2) is 59.4 Å². The van der Waals surface area contributed by atoms with Crippen molar-refractivity contribution in [1.29, 1.82) is 0 Å². The van der Waals surface area contributed by atoms with E-state index in [-0.39, 0.29) is 18.0 Å². The van der Waals surface area contributed by atoms with E-state index >= 15 is 0 Å². The zero-order valence-corrected chi connectivity index (χ0v) is 17.5. The average molecular weight is 435 g/mol. The molecule has 2 aromatic carbocycles. The van der Waals surface area contributed by atoms with E-state index in [1.807, 2.05) is 18.2 Å². The topological polar surface area (TPSA) is 79.7 Å². The summed E-state index contributed by atoms with van der Waals surface area (Å²) in [5, 5.41) is 3.69. The van der Waals surface area contributed by atoms with Gasteiger partial charge in [0, 0.05) is 34.3 Å². The molecule has 4 aromatic rings. The van der Waals surface area contributed by atoms with Gasteiger partial charge in [0.1, 0.15) is 5.75 Å². The van der Waals surface area contributed by atoms with Crippen LogP contribution in [-0.4, -0.2) is 39.1 Å². The molecular weight excluding hydrogens is 416 g/mol. The lowest BCUT2D eigenvalue weighted by molar-refractivity contribution is 0.0731. The van der Waals surface area contributed by atoms with Crippen LogP contribution >= 0.6 is 11.6 Å². The summed E-state index contributed by atoms with van der Waals surface area (Å²) in [6, 6.07) is 16.3. The molecule has 0 saturated carbocycles. The monoisotopic (exact) mass is 434 g/mol. The summed E-state index contributed by atoms with van der Waals surface area (Å²) in [5.74, 6) is 0.512. The van der Waals surface area contributed by atoms with Crippen molar-refractivity contribution in [3.63, 3.8) is 0 Å². The third-order valence-corrected chi connectivity index (χ3v) is 5.86. The number of carbonyl (C=O) groups is 1. The lowest BCUT2D eigenvalue weighted by atomic mass is 10.1. The maximum absolute atomic E-state index is 13.1. The minimum Gasteiger partial charge on any atom is -0.497 e. The molecule has 1 N–H and O–H groups in total. The zero-order valence-electron chi connectivity index (χ0n) is 16.8. The van der Waals surface area contributed by atoms with Gasteiger partial charge in [-0.1, -0.05) is 35.9 Å².